The molecule has 2 heterocycles. The number of aromatic nitrogens is 3. The SMILES string of the molecule is Cc1cccc(CSc2nnc(CC3CCNCC3)n2-c2ccccc2)c1. The zero-order valence-corrected chi connectivity index (χ0v) is 16.6. The quantitative estimate of drug-likeness (QED) is 0.645. The largest absolute Gasteiger partial charge is 0.317 e. The molecule has 0 radical (unpaired) electrons. The monoisotopic (exact) mass is 378 g/mol. The Morgan fingerprint density at radius 2 is 1.85 bits per heavy atom. The van der Waals surface area contributed by atoms with Crippen LogP contribution in [0.15, 0.2) is 59.8 Å². The Morgan fingerprint density at radius 3 is 2.63 bits per heavy atom. The average molecular weight is 379 g/mol. The maximum atomic E-state index is 4.59. The van der Waals surface area contributed by atoms with E-state index in [-0.39, 0.29) is 0 Å². The molecular formula is C22H26N4S. The molecule has 1 aliphatic heterocycles. The van der Waals surface area contributed by atoms with E-state index in [0.717, 1.165) is 41.9 Å². The lowest BCUT2D eigenvalue weighted by Gasteiger charge is -2.22. The normalized spacial score (nSPS) is 15.1. The molecule has 0 saturated carbocycles. The third-order valence-corrected chi connectivity index (χ3v) is 6.10. The minimum atomic E-state index is 0.688. The fourth-order valence-corrected chi connectivity index (χ4v) is 4.57. The first-order valence-electron chi connectivity index (χ1n) is 9.68. The minimum absolute atomic E-state index is 0.688. The van der Waals surface area contributed by atoms with Crippen LogP contribution in [0.5, 0.6) is 0 Å². The third kappa shape index (κ3) is 4.60. The summed E-state index contributed by atoms with van der Waals surface area (Å²) in [6.07, 6.45) is 3.43. The Bertz CT molecular complexity index is 869. The maximum absolute atomic E-state index is 4.59. The van der Waals surface area contributed by atoms with Gasteiger partial charge < -0.3 is 5.32 Å². The first kappa shape index (κ1) is 18.3. The Kier molecular flexibility index (Phi) is 5.90. The van der Waals surface area contributed by atoms with Crippen molar-refractivity contribution >= 4 is 11.8 Å². The molecule has 1 saturated heterocycles. The van der Waals surface area contributed by atoms with Gasteiger partial charge in [-0.05, 0) is 56.5 Å². The first-order valence-corrected chi connectivity index (χ1v) is 10.7. The number of piperidine rings is 1. The number of rotatable bonds is 6. The van der Waals surface area contributed by atoms with E-state index in [9.17, 15) is 0 Å². The van der Waals surface area contributed by atoms with Gasteiger partial charge in [-0.15, -0.1) is 10.2 Å². The van der Waals surface area contributed by atoms with Crippen LogP contribution in [0.25, 0.3) is 5.69 Å². The van der Waals surface area contributed by atoms with Gasteiger partial charge in [0, 0.05) is 17.9 Å². The number of aryl methyl sites for hydroxylation is 1. The summed E-state index contributed by atoms with van der Waals surface area (Å²) in [6.45, 7) is 4.36. The standard InChI is InChI=1S/C22H26N4S/c1-17-6-5-7-19(14-17)16-27-22-25-24-21(15-18-10-12-23-13-11-18)26(22)20-8-3-2-4-9-20/h2-9,14,18,23H,10-13,15-16H2,1H3. The minimum Gasteiger partial charge on any atom is -0.317 e. The Balaban J connectivity index is 1.58. The predicted octanol–water partition coefficient (Wildman–Crippen LogP) is 4.41. The Labute approximate surface area is 165 Å². The van der Waals surface area contributed by atoms with Gasteiger partial charge in [0.05, 0.1) is 0 Å². The van der Waals surface area contributed by atoms with Crippen LogP contribution in [0.1, 0.15) is 29.8 Å². The molecule has 1 aromatic heterocycles. The molecule has 4 nitrogen and oxygen atoms in total. The summed E-state index contributed by atoms with van der Waals surface area (Å²) in [5.74, 6) is 2.67. The summed E-state index contributed by atoms with van der Waals surface area (Å²) in [4.78, 5) is 0. The van der Waals surface area contributed by atoms with Crippen molar-refractivity contribution in [2.75, 3.05) is 13.1 Å². The Hall–Kier alpha value is -2.11. The molecule has 0 spiro atoms. The molecule has 1 aliphatic rings. The molecule has 4 rings (SSSR count). The fraction of sp³-hybridized carbons (Fsp3) is 0.364. The molecule has 5 heteroatoms. The topological polar surface area (TPSA) is 42.7 Å². The highest BCUT2D eigenvalue weighted by Gasteiger charge is 2.20. The van der Waals surface area contributed by atoms with Gasteiger partial charge in [-0.3, -0.25) is 4.57 Å². The number of thioether (sulfide) groups is 1. The summed E-state index contributed by atoms with van der Waals surface area (Å²) in [6, 6.07) is 19.2. The van der Waals surface area contributed by atoms with Crippen LogP contribution >= 0.6 is 11.8 Å². The van der Waals surface area contributed by atoms with Crippen LogP contribution in [-0.4, -0.2) is 27.9 Å². The zero-order valence-electron chi connectivity index (χ0n) is 15.8. The van der Waals surface area contributed by atoms with Crippen molar-refractivity contribution in [2.24, 2.45) is 5.92 Å². The maximum Gasteiger partial charge on any atom is 0.196 e. The smallest absolute Gasteiger partial charge is 0.196 e. The van der Waals surface area contributed by atoms with Gasteiger partial charge in [-0.25, -0.2) is 0 Å². The Morgan fingerprint density at radius 1 is 1.04 bits per heavy atom. The van der Waals surface area contributed by atoms with Gasteiger partial charge in [-0.2, -0.15) is 0 Å². The molecule has 1 N–H and O–H groups in total. The van der Waals surface area contributed by atoms with Crippen molar-refractivity contribution in [1.82, 2.24) is 20.1 Å². The number of para-hydroxylation sites is 1. The molecule has 2 aromatic carbocycles. The lowest BCUT2D eigenvalue weighted by Crippen LogP contribution is -2.29. The fourth-order valence-electron chi connectivity index (χ4n) is 3.66. The van der Waals surface area contributed by atoms with E-state index < -0.39 is 0 Å². The second kappa shape index (κ2) is 8.72. The van der Waals surface area contributed by atoms with Gasteiger partial charge in [0.25, 0.3) is 0 Å². The van der Waals surface area contributed by atoms with E-state index in [1.807, 2.05) is 0 Å². The molecule has 0 bridgehead atoms. The number of nitrogens with zero attached hydrogens (tertiary/aromatic N) is 3. The number of nitrogens with one attached hydrogen (secondary N) is 1. The highest BCUT2D eigenvalue weighted by molar-refractivity contribution is 7.98. The second-order valence-corrected chi connectivity index (χ2v) is 8.19. The van der Waals surface area contributed by atoms with Gasteiger partial charge in [-0.1, -0.05) is 59.8 Å². The summed E-state index contributed by atoms with van der Waals surface area (Å²) in [5.41, 5.74) is 3.77. The molecule has 0 unspecified atom stereocenters. The van der Waals surface area contributed by atoms with Crippen LogP contribution < -0.4 is 5.32 Å². The van der Waals surface area contributed by atoms with Gasteiger partial charge in [0.1, 0.15) is 5.82 Å². The third-order valence-electron chi connectivity index (χ3n) is 5.10. The van der Waals surface area contributed by atoms with Gasteiger partial charge in [0.2, 0.25) is 0 Å². The molecule has 0 amide bonds. The molecular weight excluding hydrogens is 352 g/mol. The van der Waals surface area contributed by atoms with Crippen molar-refractivity contribution in [3.05, 3.63) is 71.5 Å². The van der Waals surface area contributed by atoms with Crippen LogP contribution in [0.4, 0.5) is 0 Å². The van der Waals surface area contributed by atoms with Crippen LogP contribution in [-0.2, 0) is 12.2 Å². The van der Waals surface area contributed by atoms with E-state index in [1.165, 1.54) is 24.0 Å². The van der Waals surface area contributed by atoms with Crippen molar-refractivity contribution in [2.45, 2.75) is 37.1 Å². The lowest BCUT2D eigenvalue weighted by molar-refractivity contribution is 0.365. The van der Waals surface area contributed by atoms with Crippen LogP contribution in [0.3, 0.4) is 0 Å². The second-order valence-electron chi connectivity index (χ2n) is 7.24. The average Bonchev–Trinajstić information content (AvgIpc) is 3.10. The molecule has 0 aliphatic carbocycles. The van der Waals surface area contributed by atoms with Crippen molar-refractivity contribution in [1.29, 1.82) is 0 Å². The van der Waals surface area contributed by atoms with Crippen molar-refractivity contribution in [3.63, 3.8) is 0 Å². The van der Waals surface area contributed by atoms with Crippen molar-refractivity contribution < 1.29 is 0 Å². The predicted molar refractivity (Wildman–Crippen MR) is 111 cm³/mol. The van der Waals surface area contributed by atoms with E-state index in [1.54, 1.807) is 11.8 Å². The summed E-state index contributed by atoms with van der Waals surface area (Å²) in [7, 11) is 0. The van der Waals surface area contributed by atoms with Gasteiger partial charge >= 0.3 is 0 Å². The molecule has 1 fully saturated rings. The molecule has 140 valence electrons. The number of hydrogen-bond donors (Lipinski definition) is 1. The van der Waals surface area contributed by atoms with Gasteiger partial charge in [0.15, 0.2) is 5.16 Å². The highest BCUT2D eigenvalue weighted by Crippen LogP contribution is 2.27. The lowest BCUT2D eigenvalue weighted by atomic mass is 9.94. The van der Waals surface area contributed by atoms with Crippen LogP contribution in [0.2, 0.25) is 0 Å². The highest BCUT2D eigenvalue weighted by atomic mass is 32.2. The number of benzene rings is 2. The van der Waals surface area contributed by atoms with Crippen LogP contribution in [0, 0.1) is 12.8 Å². The van der Waals surface area contributed by atoms with Crippen molar-refractivity contribution in [3.8, 4) is 5.69 Å². The summed E-state index contributed by atoms with van der Waals surface area (Å²) < 4.78 is 2.25. The first-order chi connectivity index (χ1) is 13.3. The van der Waals surface area contributed by atoms with E-state index in [2.05, 4.69) is 81.6 Å². The molecule has 0 atom stereocenters. The van der Waals surface area contributed by atoms with E-state index in [4.69, 9.17) is 0 Å². The molecule has 3 aromatic rings. The van der Waals surface area contributed by atoms with E-state index in [0.29, 0.717) is 5.92 Å². The van der Waals surface area contributed by atoms with E-state index >= 15 is 0 Å². The summed E-state index contributed by atoms with van der Waals surface area (Å²) >= 11 is 1.76. The number of hydrogen-bond acceptors (Lipinski definition) is 4. The molecule has 27 heavy (non-hydrogen) atoms. The zero-order chi connectivity index (χ0) is 18.5. The summed E-state index contributed by atoms with van der Waals surface area (Å²) in [5, 5.41) is 13.6.